The van der Waals surface area contributed by atoms with E-state index in [1.807, 2.05) is 6.07 Å². The molecule has 0 atom stereocenters. The van der Waals surface area contributed by atoms with Crippen molar-refractivity contribution in [1.82, 2.24) is 0 Å². The average molecular weight is 332 g/mol. The maximum atomic E-state index is 11.5. The zero-order chi connectivity index (χ0) is 18.4. The topological polar surface area (TPSA) is 89.9 Å². The Morgan fingerprint density at radius 3 is 2.29 bits per heavy atom. The van der Waals surface area contributed by atoms with E-state index in [1.54, 1.807) is 31.2 Å². The summed E-state index contributed by atoms with van der Waals surface area (Å²) >= 11 is 0. The van der Waals surface area contributed by atoms with Gasteiger partial charge in [-0.25, -0.2) is 14.4 Å². The van der Waals surface area contributed by atoms with E-state index in [1.165, 1.54) is 6.08 Å². The molecular formula is C18H20O6. The number of carbonyl (C=O) groups excluding carboxylic acids is 2. The summed E-state index contributed by atoms with van der Waals surface area (Å²) in [5, 5.41) is 8.37. The predicted octanol–water partition coefficient (Wildman–Crippen LogP) is 2.91. The van der Waals surface area contributed by atoms with E-state index in [2.05, 4.69) is 17.9 Å². The van der Waals surface area contributed by atoms with Gasteiger partial charge in [-0.3, -0.25) is 0 Å². The molecule has 6 heteroatoms. The van der Waals surface area contributed by atoms with E-state index in [0.29, 0.717) is 12.4 Å². The fourth-order valence-corrected chi connectivity index (χ4v) is 1.25. The molecule has 1 aromatic carbocycles. The predicted molar refractivity (Wildman–Crippen MR) is 89.4 cm³/mol. The summed E-state index contributed by atoms with van der Waals surface area (Å²) in [7, 11) is 0. The molecular weight excluding hydrogens is 312 g/mol. The van der Waals surface area contributed by atoms with E-state index >= 15 is 0 Å². The van der Waals surface area contributed by atoms with Gasteiger partial charge in [-0.1, -0.05) is 37.4 Å². The summed E-state index contributed by atoms with van der Waals surface area (Å²) in [6.07, 6.45) is 3.60. The number of carbonyl (C=O) groups is 3. The quantitative estimate of drug-likeness (QED) is 0.469. The molecule has 0 radical (unpaired) electrons. The molecule has 0 aromatic heterocycles. The summed E-state index contributed by atoms with van der Waals surface area (Å²) < 4.78 is 9.45. The Balaban J connectivity index is 0.000000640. The Morgan fingerprint density at radius 1 is 1.21 bits per heavy atom. The molecule has 0 spiro atoms. The number of aliphatic carboxylic acids is 1. The first-order chi connectivity index (χ1) is 11.4. The van der Waals surface area contributed by atoms with Crippen molar-refractivity contribution >= 4 is 17.9 Å². The molecule has 0 saturated heterocycles. The lowest BCUT2D eigenvalue weighted by Crippen LogP contribution is -2.09. The van der Waals surface area contributed by atoms with Crippen LogP contribution in [0.4, 0.5) is 0 Å². The maximum Gasteiger partial charge on any atom is 0.339 e. The number of carboxylic acids is 1. The minimum Gasteiger partial charge on any atom is -0.478 e. The molecule has 0 fully saturated rings. The van der Waals surface area contributed by atoms with Crippen molar-refractivity contribution in [3.8, 4) is 5.75 Å². The zero-order valence-electron chi connectivity index (χ0n) is 13.4. The lowest BCUT2D eigenvalue weighted by molar-refractivity contribution is -0.137. The number of benzene rings is 1. The van der Waals surface area contributed by atoms with Crippen LogP contribution in [0.3, 0.4) is 0 Å². The molecule has 0 heterocycles. The highest BCUT2D eigenvalue weighted by molar-refractivity contribution is 5.90. The van der Waals surface area contributed by atoms with Crippen LogP contribution in [-0.2, 0) is 19.1 Å². The monoisotopic (exact) mass is 332 g/mol. The van der Waals surface area contributed by atoms with E-state index in [0.717, 1.165) is 12.2 Å². The summed E-state index contributed by atoms with van der Waals surface area (Å²) in [6, 6.07) is 8.60. The average Bonchev–Trinajstić information content (AvgIpc) is 2.56. The highest BCUT2D eigenvalue weighted by Crippen LogP contribution is 2.11. The molecule has 0 saturated carbocycles. The molecule has 1 aromatic rings. The SMILES string of the molecule is C=C(CC=CC(=O)O)C(=O)Oc1ccccc1.C=CC(=O)OCC. The van der Waals surface area contributed by atoms with Crippen molar-refractivity contribution < 1.29 is 29.0 Å². The Hall–Kier alpha value is -3.15. The largest absolute Gasteiger partial charge is 0.478 e. The highest BCUT2D eigenvalue weighted by Gasteiger charge is 2.08. The van der Waals surface area contributed by atoms with Gasteiger partial charge in [0.15, 0.2) is 0 Å². The first kappa shape index (κ1) is 20.9. The van der Waals surface area contributed by atoms with Crippen molar-refractivity contribution in [3.63, 3.8) is 0 Å². The Morgan fingerprint density at radius 2 is 1.83 bits per heavy atom. The van der Waals surface area contributed by atoms with Crippen LogP contribution in [0.5, 0.6) is 5.75 Å². The van der Waals surface area contributed by atoms with Gasteiger partial charge in [0.2, 0.25) is 0 Å². The maximum absolute atomic E-state index is 11.5. The molecule has 0 aliphatic heterocycles. The van der Waals surface area contributed by atoms with E-state index < -0.39 is 11.9 Å². The number of hydrogen-bond acceptors (Lipinski definition) is 5. The van der Waals surface area contributed by atoms with Crippen molar-refractivity contribution in [2.24, 2.45) is 0 Å². The van der Waals surface area contributed by atoms with Crippen LogP contribution in [0.15, 0.2) is 67.3 Å². The molecule has 0 aliphatic rings. The smallest absolute Gasteiger partial charge is 0.339 e. The van der Waals surface area contributed by atoms with Crippen LogP contribution in [0.2, 0.25) is 0 Å². The first-order valence-corrected chi connectivity index (χ1v) is 7.04. The van der Waals surface area contributed by atoms with Crippen LogP contribution in [0.25, 0.3) is 0 Å². The number of esters is 2. The Bertz CT molecular complexity index is 601. The van der Waals surface area contributed by atoms with Gasteiger partial charge in [-0.2, -0.15) is 0 Å². The molecule has 0 amide bonds. The van der Waals surface area contributed by atoms with Crippen molar-refractivity contribution in [2.75, 3.05) is 6.61 Å². The molecule has 1 rings (SSSR count). The van der Waals surface area contributed by atoms with Crippen LogP contribution in [0, 0.1) is 0 Å². The fraction of sp³-hybridized carbons (Fsp3) is 0.167. The number of allylic oxidation sites excluding steroid dienone is 1. The van der Waals surface area contributed by atoms with Crippen LogP contribution < -0.4 is 4.74 Å². The van der Waals surface area contributed by atoms with Crippen molar-refractivity contribution in [1.29, 1.82) is 0 Å². The van der Waals surface area contributed by atoms with Gasteiger partial charge < -0.3 is 14.6 Å². The number of rotatable bonds is 7. The van der Waals surface area contributed by atoms with Crippen LogP contribution in [0.1, 0.15) is 13.3 Å². The molecule has 0 aliphatic carbocycles. The molecule has 6 nitrogen and oxygen atoms in total. The number of carboxylic acid groups (broad SMARTS) is 1. The van der Waals surface area contributed by atoms with Gasteiger partial charge in [0.25, 0.3) is 0 Å². The first-order valence-electron chi connectivity index (χ1n) is 7.04. The summed E-state index contributed by atoms with van der Waals surface area (Å²) in [4.78, 5) is 31.8. The van der Waals surface area contributed by atoms with Gasteiger partial charge in [0.05, 0.1) is 6.61 Å². The molecule has 0 unspecified atom stereocenters. The molecule has 0 bridgehead atoms. The standard InChI is InChI=1S/C13H12O4.C5H8O2/c1-10(6-5-9-12(14)15)13(16)17-11-7-3-2-4-8-11;1-3-5(6)7-4-2/h2-5,7-9H,1,6H2,(H,14,15);3H,1,4H2,2H3. The molecule has 24 heavy (non-hydrogen) atoms. The third-order valence-corrected chi connectivity index (χ3v) is 2.32. The Labute approximate surface area is 140 Å². The molecule has 1 N–H and O–H groups in total. The van der Waals surface area contributed by atoms with Gasteiger partial charge in [-0.15, -0.1) is 0 Å². The second-order valence-corrected chi connectivity index (χ2v) is 4.21. The van der Waals surface area contributed by atoms with Crippen LogP contribution >= 0.6 is 0 Å². The number of hydrogen-bond donors (Lipinski definition) is 1. The second kappa shape index (κ2) is 12.4. The number of ether oxygens (including phenoxy) is 2. The third kappa shape index (κ3) is 10.6. The molecule has 128 valence electrons. The van der Waals surface area contributed by atoms with E-state index in [-0.39, 0.29) is 18.0 Å². The fourth-order valence-electron chi connectivity index (χ4n) is 1.25. The minimum atomic E-state index is -1.06. The van der Waals surface area contributed by atoms with Gasteiger partial charge in [0.1, 0.15) is 5.75 Å². The Kier molecular flexibility index (Phi) is 10.8. The lowest BCUT2D eigenvalue weighted by atomic mass is 10.2. The highest BCUT2D eigenvalue weighted by atomic mass is 16.5. The van der Waals surface area contributed by atoms with Gasteiger partial charge in [0, 0.05) is 17.7 Å². The van der Waals surface area contributed by atoms with E-state index in [9.17, 15) is 14.4 Å². The normalized spacial score (nSPS) is 9.38. The lowest BCUT2D eigenvalue weighted by Gasteiger charge is -2.04. The summed E-state index contributed by atoms with van der Waals surface area (Å²) in [5.41, 5.74) is 0.200. The zero-order valence-corrected chi connectivity index (χ0v) is 13.4. The minimum absolute atomic E-state index is 0.151. The number of para-hydroxylation sites is 1. The van der Waals surface area contributed by atoms with Gasteiger partial charge >= 0.3 is 17.9 Å². The van der Waals surface area contributed by atoms with Crippen molar-refractivity contribution in [3.05, 3.63) is 67.3 Å². The van der Waals surface area contributed by atoms with E-state index in [4.69, 9.17) is 9.84 Å². The van der Waals surface area contributed by atoms with Gasteiger partial charge in [-0.05, 0) is 25.5 Å². The second-order valence-electron chi connectivity index (χ2n) is 4.21. The summed E-state index contributed by atoms with van der Waals surface area (Å²) in [5.74, 6) is -1.55. The third-order valence-electron chi connectivity index (χ3n) is 2.32. The van der Waals surface area contributed by atoms with Crippen molar-refractivity contribution in [2.45, 2.75) is 13.3 Å². The van der Waals surface area contributed by atoms with Crippen LogP contribution in [-0.4, -0.2) is 29.6 Å². The summed E-state index contributed by atoms with van der Waals surface area (Å²) in [6.45, 7) is 8.91.